The predicted octanol–water partition coefficient (Wildman–Crippen LogP) is 14.9. The van der Waals surface area contributed by atoms with Crippen molar-refractivity contribution in [1.82, 2.24) is 0 Å². The maximum atomic E-state index is 3.56. The van der Waals surface area contributed by atoms with Crippen LogP contribution in [0.25, 0.3) is 45.2 Å². The summed E-state index contributed by atoms with van der Waals surface area (Å²) in [7, 11) is 0. The SMILES string of the molecule is C=C/C=C\C(C)C.C=CC(=C)C.CC.Cc1ccc(-c2cccc(C)c2)cc1.Cc1ccc2c(c1-c1cccc3cccc(C)c13)C=C=C2. The van der Waals surface area contributed by atoms with Crippen LogP contribution < -0.4 is 0 Å². The van der Waals surface area contributed by atoms with Gasteiger partial charge in [0.2, 0.25) is 0 Å². The number of hydrogen-bond acceptors (Lipinski definition) is 0. The Morgan fingerprint density at radius 2 is 1.33 bits per heavy atom. The molecule has 0 atom stereocenters. The van der Waals surface area contributed by atoms with Crippen LogP contribution in [0.15, 0.2) is 152 Å². The Labute approximate surface area is 298 Å². The maximum Gasteiger partial charge on any atom is -0.00191 e. The van der Waals surface area contributed by atoms with E-state index in [1.54, 1.807) is 12.2 Å². The van der Waals surface area contributed by atoms with E-state index in [0.717, 1.165) is 5.57 Å². The Morgan fingerprint density at radius 1 is 0.694 bits per heavy atom. The third-order valence-corrected chi connectivity index (χ3v) is 7.72. The lowest BCUT2D eigenvalue weighted by Gasteiger charge is -2.15. The molecule has 0 N–H and O–H groups in total. The maximum absolute atomic E-state index is 3.56. The van der Waals surface area contributed by atoms with Crippen LogP contribution in [-0.2, 0) is 0 Å². The van der Waals surface area contributed by atoms with Gasteiger partial charge in [-0.15, -0.1) is 5.73 Å². The van der Waals surface area contributed by atoms with Gasteiger partial charge in [0, 0.05) is 0 Å². The fraction of sp³-hybridized carbons (Fsp3) is 0.204. The third-order valence-electron chi connectivity index (χ3n) is 7.72. The lowest BCUT2D eigenvalue weighted by molar-refractivity contribution is 0.832. The first kappa shape index (κ1) is 40.0. The first-order valence-corrected chi connectivity index (χ1v) is 17.3. The van der Waals surface area contributed by atoms with Gasteiger partial charge in [0.25, 0.3) is 0 Å². The molecule has 1 aliphatic carbocycles. The zero-order valence-electron chi connectivity index (χ0n) is 31.4. The van der Waals surface area contributed by atoms with Crippen molar-refractivity contribution in [2.24, 2.45) is 5.92 Å². The van der Waals surface area contributed by atoms with E-state index in [4.69, 9.17) is 0 Å². The smallest absolute Gasteiger partial charge is 0.00191 e. The fourth-order valence-corrected chi connectivity index (χ4v) is 5.21. The summed E-state index contributed by atoms with van der Waals surface area (Å²) in [6.07, 6.45) is 11.8. The number of rotatable bonds is 5. The summed E-state index contributed by atoms with van der Waals surface area (Å²) in [4.78, 5) is 0. The molecule has 0 saturated heterocycles. The first-order chi connectivity index (χ1) is 23.5. The lowest BCUT2D eigenvalue weighted by atomic mass is 9.88. The van der Waals surface area contributed by atoms with E-state index < -0.39 is 0 Å². The molecular formula is C49H56. The van der Waals surface area contributed by atoms with E-state index in [1.807, 2.05) is 26.8 Å². The van der Waals surface area contributed by atoms with Gasteiger partial charge in [-0.3, -0.25) is 0 Å². The molecule has 0 heteroatoms. The largest absolute Gasteiger partial charge is 0.120 e. The van der Waals surface area contributed by atoms with Crippen molar-refractivity contribution in [1.29, 1.82) is 0 Å². The van der Waals surface area contributed by atoms with Crippen molar-refractivity contribution in [3.63, 3.8) is 0 Å². The molecular weight excluding hydrogens is 589 g/mol. The molecule has 6 rings (SSSR count). The zero-order valence-corrected chi connectivity index (χ0v) is 31.4. The first-order valence-electron chi connectivity index (χ1n) is 17.3. The molecule has 49 heavy (non-hydrogen) atoms. The molecule has 0 nitrogen and oxygen atoms in total. The van der Waals surface area contributed by atoms with Crippen molar-refractivity contribution in [3.05, 3.63) is 186 Å². The van der Waals surface area contributed by atoms with Crippen molar-refractivity contribution in [3.8, 4) is 22.3 Å². The fourth-order valence-electron chi connectivity index (χ4n) is 5.21. The Hall–Kier alpha value is -5.16. The summed E-state index contributed by atoms with van der Waals surface area (Å²) in [6, 6.07) is 34.7. The highest BCUT2D eigenvalue weighted by Gasteiger charge is 2.15. The van der Waals surface area contributed by atoms with E-state index in [9.17, 15) is 0 Å². The number of aryl methyl sites for hydroxylation is 4. The molecule has 0 saturated carbocycles. The number of allylic oxidation sites excluding steroid dienone is 5. The molecule has 0 spiro atoms. The van der Waals surface area contributed by atoms with Crippen molar-refractivity contribution < 1.29 is 0 Å². The molecule has 1 aliphatic rings. The van der Waals surface area contributed by atoms with Gasteiger partial charge >= 0.3 is 0 Å². The summed E-state index contributed by atoms with van der Waals surface area (Å²) in [5.74, 6) is 0.651. The minimum atomic E-state index is 0.651. The molecule has 5 aromatic carbocycles. The highest BCUT2D eigenvalue weighted by Crippen LogP contribution is 2.38. The van der Waals surface area contributed by atoms with Crippen LogP contribution in [0.1, 0.15) is 68.0 Å². The molecule has 0 radical (unpaired) electrons. The second-order valence-electron chi connectivity index (χ2n) is 12.3. The summed E-state index contributed by atoms with van der Waals surface area (Å²) < 4.78 is 0. The van der Waals surface area contributed by atoms with Gasteiger partial charge in [-0.05, 0) is 108 Å². The van der Waals surface area contributed by atoms with E-state index in [-0.39, 0.29) is 0 Å². The minimum absolute atomic E-state index is 0.651. The van der Waals surface area contributed by atoms with Crippen LogP contribution in [0.3, 0.4) is 0 Å². The van der Waals surface area contributed by atoms with Crippen LogP contribution in [0.2, 0.25) is 0 Å². The van der Waals surface area contributed by atoms with Gasteiger partial charge in [0.05, 0.1) is 0 Å². The quantitative estimate of drug-likeness (QED) is 0.129. The molecule has 0 amide bonds. The molecule has 0 heterocycles. The zero-order chi connectivity index (χ0) is 36.3. The monoisotopic (exact) mass is 644 g/mol. The normalized spacial score (nSPS) is 10.4. The molecule has 5 aromatic rings. The molecule has 0 unspecified atom stereocenters. The number of fused-ring (bicyclic) bond motifs is 2. The lowest BCUT2D eigenvalue weighted by Crippen LogP contribution is -1.92. The predicted molar refractivity (Wildman–Crippen MR) is 223 cm³/mol. The number of benzene rings is 5. The van der Waals surface area contributed by atoms with Crippen LogP contribution >= 0.6 is 0 Å². The van der Waals surface area contributed by atoms with Crippen LogP contribution in [-0.4, -0.2) is 0 Å². The van der Waals surface area contributed by atoms with E-state index >= 15 is 0 Å². The number of hydrogen-bond donors (Lipinski definition) is 0. The minimum Gasteiger partial charge on any atom is -0.120 e. The summed E-state index contributed by atoms with van der Waals surface area (Å²) in [5, 5.41) is 2.66. The third kappa shape index (κ3) is 12.4. The van der Waals surface area contributed by atoms with Crippen LogP contribution in [0, 0.1) is 33.6 Å². The summed E-state index contributed by atoms with van der Waals surface area (Å²) in [6.45, 7) is 29.4. The molecule has 0 bridgehead atoms. The molecule has 0 aromatic heterocycles. The van der Waals surface area contributed by atoms with Crippen molar-refractivity contribution in [2.45, 2.75) is 62.3 Å². The highest BCUT2D eigenvalue weighted by atomic mass is 14.2. The van der Waals surface area contributed by atoms with Gasteiger partial charge in [0.1, 0.15) is 0 Å². The second kappa shape index (κ2) is 20.9. The van der Waals surface area contributed by atoms with E-state index in [1.165, 1.54) is 66.4 Å². The van der Waals surface area contributed by atoms with Gasteiger partial charge in [-0.1, -0.05) is 185 Å². The van der Waals surface area contributed by atoms with Crippen LogP contribution in [0.4, 0.5) is 0 Å². The molecule has 0 aliphatic heterocycles. The average Bonchev–Trinajstić information content (AvgIpc) is 3.58. The van der Waals surface area contributed by atoms with Crippen molar-refractivity contribution in [2.75, 3.05) is 0 Å². The molecule has 252 valence electrons. The summed E-state index contributed by atoms with van der Waals surface area (Å²) >= 11 is 0. The van der Waals surface area contributed by atoms with Crippen molar-refractivity contribution >= 4 is 22.9 Å². The summed E-state index contributed by atoms with van der Waals surface area (Å²) in [5.41, 5.74) is 17.3. The second-order valence-corrected chi connectivity index (χ2v) is 12.3. The average molecular weight is 645 g/mol. The Balaban J connectivity index is 0.000000257. The standard InChI is InChI=1S/C21H16.C14H14.C7H12.C5H8.C2H6/c1-14-6-3-8-17-9-5-11-19(20(14)17)21-15(2)12-13-16-7-4-10-18(16)21;1-11-6-8-13(9-7-11)14-5-3-4-12(2)10-14;1-4-5-6-7(2)3;1-4-5(2)3;1-2/h3,5-13H,1-2H3;3-10H,1-2H3;4-7H,1H2,2-3H3;4H,1-2H2,3H3;1-2H3/b;;6-5-;;. The highest BCUT2D eigenvalue weighted by molar-refractivity contribution is 6.02. The molecule has 0 fully saturated rings. The Bertz CT molecular complexity index is 1910. The van der Waals surface area contributed by atoms with Gasteiger partial charge in [0.15, 0.2) is 0 Å². The van der Waals surface area contributed by atoms with Gasteiger partial charge in [-0.2, -0.15) is 0 Å². The Kier molecular flexibility index (Phi) is 17.1. The topological polar surface area (TPSA) is 0 Å². The van der Waals surface area contributed by atoms with E-state index in [0.29, 0.717) is 5.92 Å². The Morgan fingerprint density at radius 3 is 1.90 bits per heavy atom. The van der Waals surface area contributed by atoms with Gasteiger partial charge in [-0.25, -0.2) is 0 Å². The van der Waals surface area contributed by atoms with Crippen LogP contribution in [0.5, 0.6) is 0 Å². The van der Waals surface area contributed by atoms with E-state index in [2.05, 4.69) is 182 Å². The van der Waals surface area contributed by atoms with Gasteiger partial charge < -0.3 is 0 Å².